The van der Waals surface area contributed by atoms with Crippen LogP contribution in [0.25, 0.3) is 0 Å². The first-order valence-electron chi connectivity index (χ1n) is 6.68. The number of aliphatic hydroxyl groups is 1. The van der Waals surface area contributed by atoms with E-state index in [2.05, 4.69) is 20.4 Å². The number of allylic oxidation sites excluding steroid dienone is 1. The predicted octanol–water partition coefficient (Wildman–Crippen LogP) is 3.18. The van der Waals surface area contributed by atoms with Crippen LogP contribution in [0.2, 0.25) is 0 Å². The third-order valence-electron chi connectivity index (χ3n) is 5.15. The molecule has 2 aliphatic carbocycles. The molecule has 3 aliphatic rings. The molecule has 2 fully saturated rings. The lowest BCUT2D eigenvalue weighted by Crippen LogP contribution is -2.48. The van der Waals surface area contributed by atoms with Crippen molar-refractivity contribution in [2.75, 3.05) is 6.61 Å². The van der Waals surface area contributed by atoms with Crippen molar-refractivity contribution in [3.8, 4) is 0 Å². The van der Waals surface area contributed by atoms with Gasteiger partial charge in [0.15, 0.2) is 5.79 Å². The summed E-state index contributed by atoms with van der Waals surface area (Å²) >= 11 is 0. The fourth-order valence-corrected chi connectivity index (χ4v) is 4.14. The van der Waals surface area contributed by atoms with E-state index in [4.69, 9.17) is 4.74 Å². The van der Waals surface area contributed by atoms with Crippen molar-refractivity contribution in [1.29, 1.82) is 0 Å². The van der Waals surface area contributed by atoms with Crippen molar-refractivity contribution >= 4 is 0 Å². The van der Waals surface area contributed by atoms with Crippen LogP contribution in [-0.4, -0.2) is 17.5 Å². The van der Waals surface area contributed by atoms with Gasteiger partial charge < -0.3 is 9.84 Å². The third-order valence-corrected chi connectivity index (χ3v) is 5.15. The third kappa shape index (κ3) is 1.54. The summed E-state index contributed by atoms with van der Waals surface area (Å²) in [7, 11) is 0. The molecule has 3 rings (SSSR count). The number of rotatable bonds is 0. The standard InChI is InChI=1S/C15H22O2/c1-10-5-4-6-14(3)9-15(16)13(7-12(10)14)11(2)8-17-15/h12,16H,1,4-9H2,2-3H3. The molecule has 0 aromatic heterocycles. The van der Waals surface area contributed by atoms with E-state index in [0.717, 1.165) is 24.8 Å². The largest absolute Gasteiger partial charge is 0.362 e. The normalized spacial score (nSPS) is 45.8. The van der Waals surface area contributed by atoms with Crippen molar-refractivity contribution in [1.82, 2.24) is 0 Å². The Bertz CT molecular complexity index is 409. The van der Waals surface area contributed by atoms with Gasteiger partial charge in [0.25, 0.3) is 0 Å². The number of hydrogen-bond acceptors (Lipinski definition) is 2. The molecule has 1 N–H and O–H groups in total. The van der Waals surface area contributed by atoms with Gasteiger partial charge in [-0.3, -0.25) is 0 Å². The van der Waals surface area contributed by atoms with Crippen LogP contribution in [0.15, 0.2) is 23.3 Å². The number of fused-ring (bicyclic) bond motifs is 2. The van der Waals surface area contributed by atoms with Crippen LogP contribution >= 0.6 is 0 Å². The van der Waals surface area contributed by atoms with Crippen molar-refractivity contribution in [2.45, 2.75) is 51.7 Å². The van der Waals surface area contributed by atoms with Gasteiger partial charge >= 0.3 is 0 Å². The smallest absolute Gasteiger partial charge is 0.189 e. The van der Waals surface area contributed by atoms with Crippen LogP contribution in [-0.2, 0) is 4.74 Å². The lowest BCUT2D eigenvalue weighted by Gasteiger charge is -2.51. The maximum atomic E-state index is 10.7. The molecule has 94 valence electrons. The Balaban J connectivity index is 2.00. The van der Waals surface area contributed by atoms with Crippen LogP contribution in [0.4, 0.5) is 0 Å². The van der Waals surface area contributed by atoms with Crippen LogP contribution in [0.5, 0.6) is 0 Å². The maximum absolute atomic E-state index is 10.7. The summed E-state index contributed by atoms with van der Waals surface area (Å²) in [5, 5.41) is 10.7. The summed E-state index contributed by atoms with van der Waals surface area (Å²) in [5.74, 6) is -0.421. The molecule has 0 spiro atoms. The Hall–Kier alpha value is -0.600. The van der Waals surface area contributed by atoms with Crippen molar-refractivity contribution in [3.05, 3.63) is 23.3 Å². The summed E-state index contributed by atoms with van der Waals surface area (Å²) in [6.45, 7) is 9.24. The Morgan fingerprint density at radius 1 is 1.47 bits per heavy atom. The first-order valence-corrected chi connectivity index (χ1v) is 6.68. The van der Waals surface area contributed by atoms with Gasteiger partial charge in [0, 0.05) is 6.42 Å². The molecule has 1 heterocycles. The molecule has 0 amide bonds. The SMILES string of the molecule is C=C1CCCC2(C)CC3(O)OCC(C)=C3CC12. The summed E-state index contributed by atoms with van der Waals surface area (Å²) in [4.78, 5) is 0. The van der Waals surface area contributed by atoms with Crippen LogP contribution in [0.1, 0.15) is 46.0 Å². The zero-order valence-electron chi connectivity index (χ0n) is 10.9. The molecule has 17 heavy (non-hydrogen) atoms. The molecular weight excluding hydrogens is 212 g/mol. The molecule has 0 saturated heterocycles. The number of ether oxygens (including phenoxy) is 1. The molecule has 2 nitrogen and oxygen atoms in total. The minimum Gasteiger partial charge on any atom is -0.362 e. The zero-order valence-corrected chi connectivity index (χ0v) is 10.9. The van der Waals surface area contributed by atoms with E-state index in [-0.39, 0.29) is 5.41 Å². The lowest BCUT2D eigenvalue weighted by molar-refractivity contribution is -0.196. The second kappa shape index (κ2) is 3.46. The lowest BCUT2D eigenvalue weighted by atomic mass is 9.56. The minimum atomic E-state index is -0.965. The summed E-state index contributed by atoms with van der Waals surface area (Å²) in [5.41, 5.74) is 3.93. The highest BCUT2D eigenvalue weighted by Crippen LogP contribution is 2.58. The molecule has 3 unspecified atom stereocenters. The second-order valence-electron chi connectivity index (χ2n) is 6.43. The zero-order chi connectivity index (χ0) is 12.3. The topological polar surface area (TPSA) is 29.5 Å². The monoisotopic (exact) mass is 234 g/mol. The maximum Gasteiger partial charge on any atom is 0.189 e. The van der Waals surface area contributed by atoms with Gasteiger partial charge in [-0.05, 0) is 55.1 Å². The van der Waals surface area contributed by atoms with Gasteiger partial charge in [-0.1, -0.05) is 19.1 Å². The van der Waals surface area contributed by atoms with Gasteiger partial charge in [-0.2, -0.15) is 0 Å². The molecule has 0 aromatic rings. The van der Waals surface area contributed by atoms with Gasteiger partial charge in [0.1, 0.15) is 0 Å². The molecule has 3 atom stereocenters. The van der Waals surface area contributed by atoms with Gasteiger partial charge in [-0.25, -0.2) is 0 Å². The Labute approximate surface area is 103 Å². The highest BCUT2D eigenvalue weighted by atomic mass is 16.6. The Kier molecular flexibility index (Phi) is 2.34. The predicted molar refractivity (Wildman–Crippen MR) is 67.4 cm³/mol. The van der Waals surface area contributed by atoms with Crippen LogP contribution < -0.4 is 0 Å². The average molecular weight is 234 g/mol. The van der Waals surface area contributed by atoms with E-state index in [1.54, 1.807) is 0 Å². The van der Waals surface area contributed by atoms with E-state index in [0.29, 0.717) is 12.5 Å². The van der Waals surface area contributed by atoms with Crippen LogP contribution in [0, 0.1) is 11.3 Å². The van der Waals surface area contributed by atoms with Gasteiger partial charge in [0.2, 0.25) is 0 Å². The van der Waals surface area contributed by atoms with Crippen LogP contribution in [0.3, 0.4) is 0 Å². The van der Waals surface area contributed by atoms with Gasteiger partial charge in [0.05, 0.1) is 6.61 Å². The van der Waals surface area contributed by atoms with E-state index in [1.165, 1.54) is 24.0 Å². The Morgan fingerprint density at radius 2 is 2.24 bits per heavy atom. The van der Waals surface area contributed by atoms with Gasteiger partial charge in [-0.15, -0.1) is 0 Å². The summed E-state index contributed by atoms with van der Waals surface area (Å²) in [6.07, 6.45) is 5.26. The highest BCUT2D eigenvalue weighted by Gasteiger charge is 2.54. The molecule has 0 radical (unpaired) electrons. The summed E-state index contributed by atoms with van der Waals surface area (Å²) < 4.78 is 5.66. The molecule has 0 aromatic carbocycles. The minimum absolute atomic E-state index is 0.179. The molecule has 0 bridgehead atoms. The first kappa shape index (κ1) is 11.5. The van der Waals surface area contributed by atoms with Crippen molar-refractivity contribution in [3.63, 3.8) is 0 Å². The van der Waals surface area contributed by atoms with E-state index < -0.39 is 5.79 Å². The fraction of sp³-hybridized carbons (Fsp3) is 0.733. The fourth-order valence-electron chi connectivity index (χ4n) is 4.14. The average Bonchev–Trinajstić information content (AvgIpc) is 2.51. The Morgan fingerprint density at radius 3 is 3.00 bits per heavy atom. The first-order chi connectivity index (χ1) is 7.95. The second-order valence-corrected chi connectivity index (χ2v) is 6.43. The van der Waals surface area contributed by atoms with E-state index in [1.807, 2.05) is 0 Å². The quantitative estimate of drug-likeness (QED) is 0.652. The van der Waals surface area contributed by atoms with E-state index >= 15 is 0 Å². The molecule has 1 aliphatic heterocycles. The highest BCUT2D eigenvalue weighted by molar-refractivity contribution is 5.32. The van der Waals surface area contributed by atoms with E-state index in [9.17, 15) is 5.11 Å². The van der Waals surface area contributed by atoms with Crippen molar-refractivity contribution < 1.29 is 9.84 Å². The molecular formula is C15H22O2. The number of hydrogen-bond donors (Lipinski definition) is 1. The molecule has 2 saturated carbocycles. The summed E-state index contributed by atoms with van der Waals surface area (Å²) in [6, 6.07) is 0. The van der Waals surface area contributed by atoms with Crippen molar-refractivity contribution in [2.24, 2.45) is 11.3 Å². The molecule has 2 heteroatoms.